The Hall–Kier alpha value is -1.36. The summed E-state index contributed by atoms with van der Waals surface area (Å²) in [6.07, 6.45) is 2.67. The topological polar surface area (TPSA) is 67.4 Å². The van der Waals surface area contributed by atoms with Gasteiger partial charge in [0.25, 0.3) is 0 Å². The van der Waals surface area contributed by atoms with Gasteiger partial charge in [-0.2, -0.15) is 0 Å². The van der Waals surface area contributed by atoms with Crippen LogP contribution in [0.2, 0.25) is 0 Å². The van der Waals surface area contributed by atoms with E-state index in [0.29, 0.717) is 32.5 Å². The van der Waals surface area contributed by atoms with E-state index in [0.717, 1.165) is 0 Å². The third-order valence-electron chi connectivity index (χ3n) is 2.13. The first-order valence-electron chi connectivity index (χ1n) is 5.89. The van der Waals surface area contributed by atoms with Crippen molar-refractivity contribution in [2.45, 2.75) is 32.7 Å². The molecule has 1 unspecified atom stereocenters. The van der Waals surface area contributed by atoms with Gasteiger partial charge in [-0.05, 0) is 26.8 Å². The molecule has 0 aromatic rings. The zero-order valence-electron chi connectivity index (χ0n) is 10.6. The molecular weight excluding hydrogens is 220 g/mol. The second kappa shape index (κ2) is 9.84. The minimum atomic E-state index is -0.267. The summed E-state index contributed by atoms with van der Waals surface area (Å²) < 4.78 is 4.79. The molecule has 5 heteroatoms. The lowest BCUT2D eigenvalue weighted by molar-refractivity contribution is -0.143. The van der Waals surface area contributed by atoms with Crippen molar-refractivity contribution in [3.05, 3.63) is 12.7 Å². The predicted octanol–water partition coefficient (Wildman–Crippen LogP) is 0.610. The summed E-state index contributed by atoms with van der Waals surface area (Å²) in [5.74, 6) is -0.265. The second-order valence-electron chi connectivity index (χ2n) is 3.62. The van der Waals surface area contributed by atoms with Crippen LogP contribution in [0.25, 0.3) is 0 Å². The largest absolute Gasteiger partial charge is 0.466 e. The van der Waals surface area contributed by atoms with Crippen LogP contribution in [-0.2, 0) is 14.3 Å². The zero-order chi connectivity index (χ0) is 13.1. The number of rotatable bonds is 9. The molecule has 0 aliphatic carbocycles. The molecule has 0 bridgehead atoms. The molecule has 5 nitrogen and oxygen atoms in total. The number of amides is 1. The molecule has 0 heterocycles. The third-order valence-corrected chi connectivity index (χ3v) is 2.13. The Morgan fingerprint density at radius 3 is 2.76 bits per heavy atom. The summed E-state index contributed by atoms with van der Waals surface area (Å²) in [6.45, 7) is 8.57. The standard InChI is InChI=1S/C12H22N2O3/c1-4-8-14-12(16)10(3)13-9-6-7-11(15)17-5-2/h4,10,13H,1,5-9H2,2-3H3,(H,14,16). The molecule has 0 spiro atoms. The van der Waals surface area contributed by atoms with Crippen molar-refractivity contribution in [2.24, 2.45) is 0 Å². The van der Waals surface area contributed by atoms with E-state index in [1.165, 1.54) is 0 Å². The summed E-state index contributed by atoms with van der Waals surface area (Å²) in [6, 6.07) is -0.267. The highest BCUT2D eigenvalue weighted by molar-refractivity contribution is 5.81. The van der Waals surface area contributed by atoms with Gasteiger partial charge in [-0.1, -0.05) is 6.08 Å². The quantitative estimate of drug-likeness (QED) is 0.353. The Morgan fingerprint density at radius 1 is 1.47 bits per heavy atom. The average Bonchev–Trinajstić information content (AvgIpc) is 2.31. The lowest BCUT2D eigenvalue weighted by atomic mass is 10.2. The first kappa shape index (κ1) is 15.6. The molecule has 0 aliphatic rings. The fourth-order valence-corrected chi connectivity index (χ4v) is 1.20. The van der Waals surface area contributed by atoms with Gasteiger partial charge < -0.3 is 15.4 Å². The highest BCUT2D eigenvalue weighted by Gasteiger charge is 2.10. The van der Waals surface area contributed by atoms with Gasteiger partial charge in [0.05, 0.1) is 12.6 Å². The van der Waals surface area contributed by atoms with E-state index < -0.39 is 0 Å². The Bertz CT molecular complexity index is 254. The van der Waals surface area contributed by atoms with Crippen LogP contribution < -0.4 is 10.6 Å². The van der Waals surface area contributed by atoms with Gasteiger partial charge in [-0.3, -0.25) is 9.59 Å². The van der Waals surface area contributed by atoms with Crippen LogP contribution in [0, 0.1) is 0 Å². The van der Waals surface area contributed by atoms with Crippen molar-refractivity contribution in [1.82, 2.24) is 10.6 Å². The Morgan fingerprint density at radius 2 is 2.18 bits per heavy atom. The van der Waals surface area contributed by atoms with Crippen LogP contribution in [-0.4, -0.2) is 37.6 Å². The van der Waals surface area contributed by atoms with Crippen LogP contribution >= 0.6 is 0 Å². The van der Waals surface area contributed by atoms with Gasteiger partial charge in [0.15, 0.2) is 0 Å². The van der Waals surface area contributed by atoms with E-state index in [-0.39, 0.29) is 17.9 Å². The van der Waals surface area contributed by atoms with E-state index in [9.17, 15) is 9.59 Å². The van der Waals surface area contributed by atoms with E-state index in [2.05, 4.69) is 17.2 Å². The van der Waals surface area contributed by atoms with E-state index in [1.54, 1.807) is 19.9 Å². The lowest BCUT2D eigenvalue weighted by Crippen LogP contribution is -2.42. The summed E-state index contributed by atoms with van der Waals surface area (Å²) in [5, 5.41) is 5.73. The van der Waals surface area contributed by atoms with E-state index in [4.69, 9.17) is 4.74 Å². The van der Waals surface area contributed by atoms with Crippen LogP contribution in [0.15, 0.2) is 12.7 Å². The molecule has 1 atom stereocenters. The minimum Gasteiger partial charge on any atom is -0.466 e. The monoisotopic (exact) mass is 242 g/mol. The molecule has 98 valence electrons. The number of hydrogen-bond acceptors (Lipinski definition) is 4. The van der Waals surface area contributed by atoms with Crippen LogP contribution in [0.5, 0.6) is 0 Å². The summed E-state index contributed by atoms with van der Waals surface area (Å²) >= 11 is 0. The number of nitrogens with one attached hydrogen (secondary N) is 2. The molecule has 1 amide bonds. The summed E-state index contributed by atoms with van der Waals surface area (Å²) in [7, 11) is 0. The third kappa shape index (κ3) is 8.45. The van der Waals surface area contributed by atoms with Crippen molar-refractivity contribution in [3.63, 3.8) is 0 Å². The summed E-state index contributed by atoms with van der Waals surface area (Å²) in [5.41, 5.74) is 0. The number of carbonyl (C=O) groups excluding carboxylic acids is 2. The molecule has 0 aromatic heterocycles. The fraction of sp³-hybridized carbons (Fsp3) is 0.667. The first-order valence-corrected chi connectivity index (χ1v) is 5.89. The lowest BCUT2D eigenvalue weighted by Gasteiger charge is -2.12. The molecule has 17 heavy (non-hydrogen) atoms. The molecule has 0 radical (unpaired) electrons. The molecule has 0 aromatic carbocycles. The maximum Gasteiger partial charge on any atom is 0.305 e. The van der Waals surface area contributed by atoms with E-state index in [1.807, 2.05) is 0 Å². The Balaban J connectivity index is 3.56. The van der Waals surface area contributed by atoms with Crippen molar-refractivity contribution >= 4 is 11.9 Å². The average molecular weight is 242 g/mol. The number of ether oxygens (including phenoxy) is 1. The maximum atomic E-state index is 11.4. The molecule has 2 N–H and O–H groups in total. The maximum absolute atomic E-state index is 11.4. The van der Waals surface area contributed by atoms with Crippen molar-refractivity contribution in [3.8, 4) is 0 Å². The Kier molecular flexibility index (Phi) is 9.05. The number of esters is 1. The van der Waals surface area contributed by atoms with E-state index >= 15 is 0 Å². The highest BCUT2D eigenvalue weighted by Crippen LogP contribution is 1.92. The SMILES string of the molecule is C=CCNC(=O)C(C)NCCCC(=O)OCC. The fourth-order valence-electron chi connectivity index (χ4n) is 1.20. The predicted molar refractivity (Wildman–Crippen MR) is 66.5 cm³/mol. The van der Waals surface area contributed by atoms with Crippen LogP contribution in [0.3, 0.4) is 0 Å². The zero-order valence-corrected chi connectivity index (χ0v) is 10.6. The molecular formula is C12H22N2O3. The van der Waals surface area contributed by atoms with Gasteiger partial charge in [0.2, 0.25) is 5.91 Å². The highest BCUT2D eigenvalue weighted by atomic mass is 16.5. The Labute approximate surface area is 103 Å². The molecule has 0 aliphatic heterocycles. The van der Waals surface area contributed by atoms with Gasteiger partial charge in [0, 0.05) is 13.0 Å². The molecule has 0 saturated carbocycles. The minimum absolute atomic E-state index is 0.0685. The normalized spacial score (nSPS) is 11.6. The number of hydrogen-bond donors (Lipinski definition) is 2. The van der Waals surface area contributed by atoms with Gasteiger partial charge in [-0.25, -0.2) is 0 Å². The smallest absolute Gasteiger partial charge is 0.305 e. The van der Waals surface area contributed by atoms with Crippen LogP contribution in [0.1, 0.15) is 26.7 Å². The second-order valence-corrected chi connectivity index (χ2v) is 3.62. The molecule has 0 fully saturated rings. The van der Waals surface area contributed by atoms with Crippen LogP contribution in [0.4, 0.5) is 0 Å². The van der Waals surface area contributed by atoms with Crippen molar-refractivity contribution in [2.75, 3.05) is 19.7 Å². The van der Waals surface area contributed by atoms with Gasteiger partial charge in [0.1, 0.15) is 0 Å². The van der Waals surface area contributed by atoms with Gasteiger partial charge >= 0.3 is 5.97 Å². The number of carbonyl (C=O) groups is 2. The van der Waals surface area contributed by atoms with Crippen molar-refractivity contribution < 1.29 is 14.3 Å². The molecule has 0 rings (SSSR count). The van der Waals surface area contributed by atoms with Gasteiger partial charge in [-0.15, -0.1) is 6.58 Å². The first-order chi connectivity index (χ1) is 8.11. The molecule has 0 saturated heterocycles. The van der Waals surface area contributed by atoms with Crippen molar-refractivity contribution in [1.29, 1.82) is 0 Å². The summed E-state index contributed by atoms with van der Waals surface area (Å²) in [4.78, 5) is 22.4.